The zero-order valence-electron chi connectivity index (χ0n) is 6.98. The van der Waals surface area contributed by atoms with E-state index in [4.69, 9.17) is 4.42 Å². The number of rotatable bonds is 0. The number of fused-ring (bicyclic) bond motifs is 1. The molecular formula is C10H12O. The van der Waals surface area contributed by atoms with Crippen molar-refractivity contribution in [1.82, 2.24) is 0 Å². The van der Waals surface area contributed by atoms with E-state index in [-0.39, 0.29) is 0 Å². The molecule has 1 nitrogen and oxygen atoms in total. The Labute approximate surface area is 66.7 Å². The van der Waals surface area contributed by atoms with Crippen molar-refractivity contribution in [2.45, 2.75) is 26.7 Å². The standard InChI is InChI=1S/C10H12O/c1-7-3-9-5-11-6-10(9)4-8(7)2/h5-6H,3-4H2,1-2H3. The molecule has 0 saturated heterocycles. The normalized spacial score (nSPS) is 16.9. The molecule has 1 heteroatoms. The minimum Gasteiger partial charge on any atom is -0.472 e. The van der Waals surface area contributed by atoms with E-state index in [9.17, 15) is 0 Å². The molecule has 0 saturated carbocycles. The minimum absolute atomic E-state index is 1.08. The third-order valence-electron chi connectivity index (χ3n) is 2.47. The van der Waals surface area contributed by atoms with E-state index < -0.39 is 0 Å². The van der Waals surface area contributed by atoms with E-state index in [1.54, 1.807) is 0 Å². The number of hydrogen-bond acceptors (Lipinski definition) is 1. The van der Waals surface area contributed by atoms with Gasteiger partial charge in [0, 0.05) is 0 Å². The van der Waals surface area contributed by atoms with E-state index in [2.05, 4.69) is 13.8 Å². The van der Waals surface area contributed by atoms with Gasteiger partial charge in [-0.15, -0.1) is 0 Å². The van der Waals surface area contributed by atoms with Crippen LogP contribution in [-0.4, -0.2) is 0 Å². The van der Waals surface area contributed by atoms with Crippen molar-refractivity contribution in [1.29, 1.82) is 0 Å². The molecule has 0 N–H and O–H groups in total. The predicted molar refractivity (Wildman–Crippen MR) is 44.5 cm³/mol. The first-order chi connectivity index (χ1) is 5.27. The Morgan fingerprint density at radius 2 is 1.45 bits per heavy atom. The van der Waals surface area contributed by atoms with Gasteiger partial charge in [0.15, 0.2) is 0 Å². The third-order valence-corrected chi connectivity index (χ3v) is 2.47. The van der Waals surface area contributed by atoms with Crippen molar-refractivity contribution in [2.75, 3.05) is 0 Å². The number of allylic oxidation sites excluding steroid dienone is 2. The van der Waals surface area contributed by atoms with Gasteiger partial charge in [0.1, 0.15) is 0 Å². The molecule has 1 aliphatic carbocycles. The van der Waals surface area contributed by atoms with E-state index >= 15 is 0 Å². The van der Waals surface area contributed by atoms with Crippen LogP contribution in [0.15, 0.2) is 28.1 Å². The Balaban J connectivity index is 2.41. The summed E-state index contributed by atoms with van der Waals surface area (Å²) in [4.78, 5) is 0. The first-order valence-electron chi connectivity index (χ1n) is 3.96. The first-order valence-corrected chi connectivity index (χ1v) is 3.96. The topological polar surface area (TPSA) is 13.1 Å². The molecule has 0 bridgehead atoms. The summed E-state index contributed by atoms with van der Waals surface area (Å²) in [7, 11) is 0. The molecule has 0 aromatic carbocycles. The molecule has 0 radical (unpaired) electrons. The summed E-state index contributed by atoms with van der Waals surface area (Å²) < 4.78 is 5.14. The lowest BCUT2D eigenvalue weighted by Gasteiger charge is -2.13. The van der Waals surface area contributed by atoms with Gasteiger partial charge in [-0.25, -0.2) is 0 Å². The van der Waals surface area contributed by atoms with Crippen molar-refractivity contribution >= 4 is 0 Å². The lowest BCUT2D eigenvalue weighted by Crippen LogP contribution is -2.02. The average molecular weight is 148 g/mol. The van der Waals surface area contributed by atoms with Crippen molar-refractivity contribution in [3.05, 3.63) is 34.8 Å². The quantitative estimate of drug-likeness (QED) is 0.515. The second-order valence-corrected chi connectivity index (χ2v) is 3.34. The maximum absolute atomic E-state index is 5.14. The summed E-state index contributed by atoms with van der Waals surface area (Å²) in [6.45, 7) is 4.40. The summed E-state index contributed by atoms with van der Waals surface area (Å²) in [5.74, 6) is 0. The average Bonchev–Trinajstić information content (AvgIpc) is 2.36. The van der Waals surface area contributed by atoms with Crippen LogP contribution < -0.4 is 0 Å². The highest BCUT2D eigenvalue weighted by Gasteiger charge is 2.13. The van der Waals surface area contributed by atoms with Gasteiger partial charge in [-0.1, -0.05) is 11.1 Å². The molecular weight excluding hydrogens is 136 g/mol. The molecule has 1 aromatic rings. The van der Waals surface area contributed by atoms with Gasteiger partial charge in [-0.2, -0.15) is 0 Å². The zero-order valence-corrected chi connectivity index (χ0v) is 6.98. The number of furan rings is 1. The predicted octanol–water partition coefficient (Wildman–Crippen LogP) is 2.71. The zero-order chi connectivity index (χ0) is 7.84. The molecule has 2 rings (SSSR count). The summed E-state index contributed by atoms with van der Waals surface area (Å²) in [6.07, 6.45) is 5.89. The van der Waals surface area contributed by atoms with E-state index in [0.29, 0.717) is 0 Å². The molecule has 0 aliphatic heterocycles. The fraction of sp³-hybridized carbons (Fsp3) is 0.400. The lowest BCUT2D eigenvalue weighted by molar-refractivity contribution is 0.563. The van der Waals surface area contributed by atoms with Gasteiger partial charge in [0.25, 0.3) is 0 Å². The molecule has 0 unspecified atom stereocenters. The van der Waals surface area contributed by atoms with E-state index in [1.807, 2.05) is 12.5 Å². The molecule has 1 aromatic heterocycles. The van der Waals surface area contributed by atoms with Gasteiger partial charge in [0.2, 0.25) is 0 Å². The van der Waals surface area contributed by atoms with Gasteiger partial charge in [-0.3, -0.25) is 0 Å². The van der Waals surface area contributed by atoms with Gasteiger partial charge >= 0.3 is 0 Å². The fourth-order valence-corrected chi connectivity index (χ4v) is 1.53. The second-order valence-electron chi connectivity index (χ2n) is 3.34. The molecule has 1 aliphatic rings. The summed E-state index contributed by atoms with van der Waals surface area (Å²) in [5, 5.41) is 0. The Hall–Kier alpha value is -0.980. The molecule has 58 valence electrons. The van der Waals surface area contributed by atoms with Crippen molar-refractivity contribution in [3.63, 3.8) is 0 Å². The smallest absolute Gasteiger partial charge is 0.0940 e. The largest absolute Gasteiger partial charge is 0.472 e. The molecule has 0 amide bonds. The summed E-state index contributed by atoms with van der Waals surface area (Å²) in [5.41, 5.74) is 5.74. The highest BCUT2D eigenvalue weighted by Crippen LogP contribution is 2.25. The van der Waals surface area contributed by atoms with Crippen molar-refractivity contribution in [2.24, 2.45) is 0 Å². The van der Waals surface area contributed by atoms with Gasteiger partial charge < -0.3 is 4.42 Å². The third kappa shape index (κ3) is 1.01. The van der Waals surface area contributed by atoms with Crippen LogP contribution in [0.1, 0.15) is 25.0 Å². The van der Waals surface area contributed by atoms with Crippen LogP contribution in [0.3, 0.4) is 0 Å². The molecule has 0 fully saturated rings. The number of hydrogen-bond donors (Lipinski definition) is 0. The first kappa shape index (κ1) is 6.71. The van der Waals surface area contributed by atoms with Gasteiger partial charge in [0.05, 0.1) is 12.5 Å². The Bertz CT molecular complexity index is 276. The molecule has 0 atom stereocenters. The van der Waals surface area contributed by atoms with Crippen LogP contribution in [0.5, 0.6) is 0 Å². The van der Waals surface area contributed by atoms with Crippen molar-refractivity contribution < 1.29 is 4.42 Å². The highest BCUT2D eigenvalue weighted by atomic mass is 16.3. The SMILES string of the molecule is CC1=C(C)Cc2cocc2C1. The summed E-state index contributed by atoms with van der Waals surface area (Å²) in [6, 6.07) is 0. The van der Waals surface area contributed by atoms with Crippen LogP contribution in [0, 0.1) is 0 Å². The van der Waals surface area contributed by atoms with Gasteiger partial charge in [-0.05, 0) is 37.8 Å². The maximum Gasteiger partial charge on any atom is 0.0940 e. The lowest BCUT2D eigenvalue weighted by atomic mass is 9.91. The molecule has 1 heterocycles. The van der Waals surface area contributed by atoms with Crippen LogP contribution in [-0.2, 0) is 12.8 Å². The molecule has 11 heavy (non-hydrogen) atoms. The summed E-state index contributed by atoms with van der Waals surface area (Å²) >= 11 is 0. The van der Waals surface area contributed by atoms with Crippen LogP contribution in [0.25, 0.3) is 0 Å². The Morgan fingerprint density at radius 1 is 1.00 bits per heavy atom. The van der Waals surface area contributed by atoms with Crippen molar-refractivity contribution in [3.8, 4) is 0 Å². The fourth-order valence-electron chi connectivity index (χ4n) is 1.53. The second kappa shape index (κ2) is 2.26. The maximum atomic E-state index is 5.14. The minimum atomic E-state index is 1.08. The Morgan fingerprint density at radius 3 is 1.91 bits per heavy atom. The Kier molecular flexibility index (Phi) is 1.38. The van der Waals surface area contributed by atoms with E-state index in [0.717, 1.165) is 12.8 Å². The van der Waals surface area contributed by atoms with Crippen LogP contribution in [0.2, 0.25) is 0 Å². The van der Waals surface area contributed by atoms with E-state index in [1.165, 1.54) is 22.3 Å². The van der Waals surface area contributed by atoms with Crippen LogP contribution >= 0.6 is 0 Å². The van der Waals surface area contributed by atoms with Crippen LogP contribution in [0.4, 0.5) is 0 Å². The molecule has 0 spiro atoms. The monoisotopic (exact) mass is 148 g/mol. The highest BCUT2D eigenvalue weighted by molar-refractivity contribution is 5.36.